The topological polar surface area (TPSA) is 125 Å². The normalized spacial score (nSPS) is 12.1. The number of nitrogens with one attached hydrogen (secondary N) is 2. The number of ether oxygens (including phenoxy) is 1. The number of hydrogen-bond acceptors (Lipinski definition) is 6. The summed E-state index contributed by atoms with van der Waals surface area (Å²) < 4.78 is 30.9. The highest BCUT2D eigenvalue weighted by atomic mass is 32.2. The van der Waals surface area contributed by atoms with E-state index in [9.17, 15) is 18.0 Å². The van der Waals surface area contributed by atoms with E-state index in [1.807, 2.05) is 6.07 Å². The van der Waals surface area contributed by atoms with Crippen molar-refractivity contribution in [3.8, 4) is 6.07 Å². The Kier molecular flexibility index (Phi) is 7.65. The zero-order valence-corrected chi connectivity index (χ0v) is 16.3. The molecule has 9 heteroatoms. The maximum Gasteiger partial charge on any atom is 0.321 e. The Bertz CT molecular complexity index is 1040. The number of sulfonamides is 1. The zero-order chi connectivity index (χ0) is 21.3. The van der Waals surface area contributed by atoms with Crippen LogP contribution >= 0.6 is 0 Å². The molecule has 0 heterocycles. The highest BCUT2D eigenvalue weighted by Gasteiger charge is 2.19. The summed E-state index contributed by atoms with van der Waals surface area (Å²) in [4.78, 5) is 24.0. The first-order valence-corrected chi connectivity index (χ1v) is 10.1. The number of benzene rings is 2. The number of amides is 1. The van der Waals surface area contributed by atoms with Crippen LogP contribution in [0.1, 0.15) is 18.1 Å². The molecule has 1 unspecified atom stereocenters. The largest absolute Gasteiger partial charge is 0.452 e. The number of esters is 1. The summed E-state index contributed by atoms with van der Waals surface area (Å²) in [6, 6.07) is 17.1. The molecule has 0 aromatic heterocycles. The number of nitrogens with zero attached hydrogens (tertiary/aromatic N) is 1. The lowest BCUT2D eigenvalue weighted by molar-refractivity contribution is -0.151. The molecule has 0 saturated heterocycles. The van der Waals surface area contributed by atoms with Crippen molar-refractivity contribution in [3.05, 3.63) is 71.1 Å². The van der Waals surface area contributed by atoms with Crippen LogP contribution in [0.3, 0.4) is 0 Å². The molecule has 2 N–H and O–H groups in total. The maximum atomic E-state index is 12.1. The number of rotatable bonds is 8. The van der Waals surface area contributed by atoms with Crippen molar-refractivity contribution in [1.82, 2.24) is 4.72 Å². The summed E-state index contributed by atoms with van der Waals surface area (Å²) in [6.07, 6.45) is 0.203. The lowest BCUT2D eigenvalue weighted by Gasteiger charge is -2.14. The highest BCUT2D eigenvalue weighted by Crippen LogP contribution is 2.14. The average Bonchev–Trinajstić information content (AvgIpc) is 2.72. The third-order valence-corrected chi connectivity index (χ3v) is 4.68. The summed E-state index contributed by atoms with van der Waals surface area (Å²) >= 11 is 0. The second-order valence-corrected chi connectivity index (χ2v) is 7.51. The minimum absolute atomic E-state index is 0.261. The van der Waals surface area contributed by atoms with Crippen LogP contribution in [0.5, 0.6) is 0 Å². The molecule has 2 aromatic rings. The minimum Gasteiger partial charge on any atom is -0.452 e. The van der Waals surface area contributed by atoms with Gasteiger partial charge in [-0.05, 0) is 30.7 Å². The lowest BCUT2D eigenvalue weighted by Crippen LogP contribution is -2.35. The molecule has 0 spiro atoms. The van der Waals surface area contributed by atoms with E-state index in [-0.39, 0.29) is 11.3 Å². The van der Waals surface area contributed by atoms with Gasteiger partial charge in [-0.15, -0.1) is 0 Å². The third kappa shape index (κ3) is 7.21. The Balaban J connectivity index is 1.85. The van der Waals surface area contributed by atoms with Crippen molar-refractivity contribution < 1.29 is 22.7 Å². The van der Waals surface area contributed by atoms with Gasteiger partial charge in [0, 0.05) is 5.41 Å². The molecular weight excluding hydrogens is 394 g/mol. The molecule has 0 aliphatic carbocycles. The van der Waals surface area contributed by atoms with Gasteiger partial charge in [0.15, 0.2) is 6.10 Å². The van der Waals surface area contributed by atoms with Crippen LogP contribution in [0.15, 0.2) is 60.0 Å². The quantitative estimate of drug-likeness (QED) is 0.638. The van der Waals surface area contributed by atoms with Crippen LogP contribution in [-0.4, -0.2) is 32.9 Å². The SMILES string of the molecule is CC(OC(=O)CNS(=O)(=O)/C=C/c1ccccc1)C(=O)Nc1ccccc1C#N. The van der Waals surface area contributed by atoms with E-state index in [0.717, 1.165) is 5.41 Å². The number of carbonyl (C=O) groups excluding carboxylic acids is 2. The van der Waals surface area contributed by atoms with Gasteiger partial charge in [-0.2, -0.15) is 5.26 Å². The Hall–Kier alpha value is -3.48. The first kappa shape index (κ1) is 21.8. The van der Waals surface area contributed by atoms with Crippen LogP contribution in [0.4, 0.5) is 5.69 Å². The van der Waals surface area contributed by atoms with Gasteiger partial charge in [0.25, 0.3) is 5.91 Å². The van der Waals surface area contributed by atoms with E-state index in [2.05, 4.69) is 10.0 Å². The average molecular weight is 413 g/mol. The smallest absolute Gasteiger partial charge is 0.321 e. The minimum atomic E-state index is -3.86. The molecule has 0 aliphatic heterocycles. The van der Waals surface area contributed by atoms with E-state index < -0.39 is 34.5 Å². The first-order valence-electron chi connectivity index (χ1n) is 8.53. The summed E-state index contributed by atoms with van der Waals surface area (Å²) in [5, 5.41) is 12.4. The van der Waals surface area contributed by atoms with Crippen molar-refractivity contribution in [2.24, 2.45) is 0 Å². The maximum absolute atomic E-state index is 12.1. The molecule has 29 heavy (non-hydrogen) atoms. The number of carbonyl (C=O) groups is 2. The van der Waals surface area contributed by atoms with Gasteiger partial charge in [-0.3, -0.25) is 9.59 Å². The van der Waals surface area contributed by atoms with Crippen LogP contribution in [0.2, 0.25) is 0 Å². The Morgan fingerprint density at radius 3 is 2.48 bits per heavy atom. The van der Waals surface area contributed by atoms with Gasteiger partial charge in [0.05, 0.1) is 11.3 Å². The fourth-order valence-electron chi connectivity index (χ4n) is 2.16. The Morgan fingerprint density at radius 2 is 1.79 bits per heavy atom. The van der Waals surface area contributed by atoms with Gasteiger partial charge < -0.3 is 10.1 Å². The fraction of sp³-hybridized carbons (Fsp3) is 0.150. The number of nitriles is 1. The van der Waals surface area contributed by atoms with E-state index in [1.54, 1.807) is 42.5 Å². The van der Waals surface area contributed by atoms with Crippen LogP contribution in [0.25, 0.3) is 6.08 Å². The molecule has 8 nitrogen and oxygen atoms in total. The van der Waals surface area contributed by atoms with Gasteiger partial charge in [0.1, 0.15) is 12.6 Å². The standard InChI is InChI=1S/C20H19N3O5S/c1-15(20(25)23-18-10-6-5-9-17(18)13-21)28-19(24)14-22-29(26,27)12-11-16-7-3-2-4-8-16/h2-12,15,22H,14H2,1H3,(H,23,25)/b12-11+. The third-order valence-electron chi connectivity index (χ3n) is 3.64. The van der Waals surface area contributed by atoms with Crippen LogP contribution in [-0.2, 0) is 24.3 Å². The first-order chi connectivity index (χ1) is 13.8. The second-order valence-electron chi connectivity index (χ2n) is 5.86. The lowest BCUT2D eigenvalue weighted by atomic mass is 10.2. The summed E-state index contributed by atoms with van der Waals surface area (Å²) in [7, 11) is -3.86. The van der Waals surface area contributed by atoms with Crippen molar-refractivity contribution in [2.45, 2.75) is 13.0 Å². The molecule has 0 radical (unpaired) electrons. The van der Waals surface area contributed by atoms with Crippen molar-refractivity contribution in [3.63, 3.8) is 0 Å². The zero-order valence-electron chi connectivity index (χ0n) is 15.5. The van der Waals surface area contributed by atoms with Gasteiger partial charge >= 0.3 is 5.97 Å². The van der Waals surface area contributed by atoms with Gasteiger partial charge in [-0.1, -0.05) is 42.5 Å². The molecule has 0 bridgehead atoms. The Morgan fingerprint density at radius 1 is 1.14 bits per heavy atom. The molecule has 0 aliphatic rings. The highest BCUT2D eigenvalue weighted by molar-refractivity contribution is 7.92. The molecule has 1 atom stereocenters. The van der Waals surface area contributed by atoms with Crippen molar-refractivity contribution in [2.75, 3.05) is 11.9 Å². The summed E-state index contributed by atoms with van der Waals surface area (Å²) in [6.45, 7) is 0.708. The molecule has 0 fully saturated rings. The van der Waals surface area contributed by atoms with E-state index in [0.29, 0.717) is 5.56 Å². The van der Waals surface area contributed by atoms with Crippen molar-refractivity contribution in [1.29, 1.82) is 5.26 Å². The monoisotopic (exact) mass is 413 g/mol. The van der Waals surface area contributed by atoms with E-state index in [1.165, 1.54) is 25.1 Å². The fourth-order valence-corrected chi connectivity index (χ4v) is 2.91. The molecule has 2 rings (SSSR count). The summed E-state index contributed by atoms with van der Waals surface area (Å²) in [5.41, 5.74) is 1.23. The molecule has 0 saturated carbocycles. The molecule has 1 amide bonds. The molecule has 150 valence electrons. The van der Waals surface area contributed by atoms with Crippen molar-refractivity contribution >= 4 is 33.7 Å². The van der Waals surface area contributed by atoms with Crippen LogP contribution < -0.4 is 10.0 Å². The van der Waals surface area contributed by atoms with Gasteiger partial charge in [0.2, 0.25) is 10.0 Å². The van der Waals surface area contributed by atoms with E-state index in [4.69, 9.17) is 10.00 Å². The molecule has 2 aromatic carbocycles. The van der Waals surface area contributed by atoms with E-state index >= 15 is 0 Å². The summed E-state index contributed by atoms with van der Waals surface area (Å²) in [5.74, 6) is -1.56. The number of hydrogen-bond donors (Lipinski definition) is 2. The number of anilines is 1. The molecular formula is C20H19N3O5S. The predicted molar refractivity (Wildman–Crippen MR) is 108 cm³/mol. The Labute approximate surface area is 168 Å². The second kappa shape index (κ2) is 10.2. The number of para-hydroxylation sites is 1. The van der Waals surface area contributed by atoms with Gasteiger partial charge in [-0.25, -0.2) is 13.1 Å². The van der Waals surface area contributed by atoms with Crippen LogP contribution in [0, 0.1) is 11.3 Å². The predicted octanol–water partition coefficient (Wildman–Crippen LogP) is 2.02.